The van der Waals surface area contributed by atoms with E-state index in [1.165, 1.54) is 7.11 Å². The molecule has 21 heavy (non-hydrogen) atoms. The monoisotopic (exact) mass is 348 g/mol. The molecule has 0 aliphatic heterocycles. The van der Waals surface area contributed by atoms with Gasteiger partial charge in [0.2, 0.25) is 0 Å². The molecular weight excluding hydrogens is 336 g/mol. The van der Waals surface area contributed by atoms with Gasteiger partial charge in [0.25, 0.3) is 0 Å². The molecule has 0 fully saturated rings. The first-order valence-electron chi connectivity index (χ1n) is 6.19. The van der Waals surface area contributed by atoms with E-state index in [-0.39, 0.29) is 5.97 Å². The topological polar surface area (TPSA) is 52.6 Å². The van der Waals surface area contributed by atoms with Crippen LogP contribution in [-0.2, 0) is 11.3 Å². The van der Waals surface area contributed by atoms with E-state index in [1.54, 1.807) is 36.4 Å². The van der Waals surface area contributed by atoms with Gasteiger partial charge in [-0.05, 0) is 35.9 Å². The molecule has 0 aliphatic carbocycles. The van der Waals surface area contributed by atoms with Crippen molar-refractivity contribution >= 4 is 28.2 Å². The summed E-state index contributed by atoms with van der Waals surface area (Å²) >= 11 is 3.30. The highest BCUT2D eigenvalue weighted by Crippen LogP contribution is 2.22. The van der Waals surface area contributed by atoms with E-state index < -0.39 is 0 Å². The summed E-state index contributed by atoms with van der Waals surface area (Å²) < 4.78 is 11.1. The highest BCUT2D eigenvalue weighted by Gasteiger charge is 2.06. The van der Waals surface area contributed by atoms with Crippen molar-refractivity contribution in [3.63, 3.8) is 0 Å². The number of carbonyl (C=O) groups excluding carboxylic acids is 2. The van der Waals surface area contributed by atoms with Gasteiger partial charge in [-0.25, -0.2) is 4.79 Å². The summed E-state index contributed by atoms with van der Waals surface area (Å²) in [6.07, 6.45) is 0.750. The van der Waals surface area contributed by atoms with Crippen LogP contribution in [-0.4, -0.2) is 19.4 Å². The first-order valence-corrected chi connectivity index (χ1v) is 6.98. The Kier molecular flexibility index (Phi) is 5.11. The molecule has 0 unspecified atom stereocenters. The van der Waals surface area contributed by atoms with Gasteiger partial charge in [0.05, 0.1) is 18.2 Å². The predicted molar refractivity (Wildman–Crippen MR) is 81.6 cm³/mol. The summed E-state index contributed by atoms with van der Waals surface area (Å²) in [7, 11) is 1.34. The average Bonchev–Trinajstić information content (AvgIpc) is 2.53. The number of carbonyl (C=O) groups is 2. The van der Waals surface area contributed by atoms with Crippen LogP contribution >= 0.6 is 15.9 Å². The lowest BCUT2D eigenvalue weighted by Crippen LogP contribution is -2.02. The lowest BCUT2D eigenvalue weighted by atomic mass is 10.1. The maximum absolute atomic E-state index is 11.3. The first kappa shape index (κ1) is 15.3. The maximum atomic E-state index is 11.3. The molecule has 0 spiro atoms. The summed E-state index contributed by atoms with van der Waals surface area (Å²) in [5.41, 5.74) is 1.86. The van der Waals surface area contributed by atoms with Gasteiger partial charge in [0.1, 0.15) is 12.4 Å². The molecule has 2 aromatic carbocycles. The normalized spacial score (nSPS) is 10.0. The van der Waals surface area contributed by atoms with Crippen molar-refractivity contribution < 1.29 is 19.1 Å². The molecule has 4 nitrogen and oxygen atoms in total. The number of ether oxygens (including phenoxy) is 2. The Morgan fingerprint density at radius 2 is 1.90 bits per heavy atom. The smallest absolute Gasteiger partial charge is 0.337 e. The number of benzene rings is 2. The average molecular weight is 349 g/mol. The van der Waals surface area contributed by atoms with Crippen molar-refractivity contribution in [1.82, 2.24) is 0 Å². The second-order valence-electron chi connectivity index (χ2n) is 4.28. The summed E-state index contributed by atoms with van der Waals surface area (Å²) in [6, 6.07) is 12.2. The molecule has 0 amide bonds. The second-order valence-corrected chi connectivity index (χ2v) is 5.19. The van der Waals surface area contributed by atoms with E-state index >= 15 is 0 Å². The highest BCUT2D eigenvalue weighted by atomic mass is 79.9. The molecule has 0 radical (unpaired) electrons. The number of aldehydes is 1. The Bertz CT molecular complexity index is 650. The number of esters is 1. The van der Waals surface area contributed by atoms with E-state index in [9.17, 15) is 9.59 Å². The second kappa shape index (κ2) is 7.04. The number of hydrogen-bond donors (Lipinski definition) is 0. The molecule has 0 bridgehead atoms. The Labute approximate surface area is 130 Å². The van der Waals surface area contributed by atoms with Gasteiger partial charge in [-0.15, -0.1) is 0 Å². The van der Waals surface area contributed by atoms with Crippen molar-refractivity contribution in [2.45, 2.75) is 6.61 Å². The predicted octanol–water partition coefficient (Wildman–Crippen LogP) is 3.63. The third-order valence-electron chi connectivity index (χ3n) is 2.87. The Balaban J connectivity index is 2.06. The lowest BCUT2D eigenvalue weighted by Gasteiger charge is -2.09. The van der Waals surface area contributed by atoms with Crippen LogP contribution in [0.15, 0.2) is 46.9 Å². The zero-order valence-electron chi connectivity index (χ0n) is 11.3. The molecule has 0 aromatic heterocycles. The van der Waals surface area contributed by atoms with E-state index in [2.05, 4.69) is 20.7 Å². The standard InChI is InChI=1S/C16H13BrO4/c1-20-16(19)12-4-2-11(3-5-12)10-21-15-7-6-14(17)8-13(15)9-18/h2-9H,10H2,1H3. The molecule has 0 heterocycles. The molecule has 5 heteroatoms. The van der Waals surface area contributed by atoms with Crippen LogP contribution < -0.4 is 4.74 Å². The van der Waals surface area contributed by atoms with Gasteiger partial charge < -0.3 is 9.47 Å². The van der Waals surface area contributed by atoms with Crippen molar-refractivity contribution in [1.29, 1.82) is 0 Å². The molecule has 2 rings (SSSR count). The lowest BCUT2D eigenvalue weighted by molar-refractivity contribution is 0.0600. The molecule has 0 aliphatic rings. The van der Waals surface area contributed by atoms with E-state index in [0.717, 1.165) is 16.3 Å². The number of halogens is 1. The van der Waals surface area contributed by atoms with Gasteiger partial charge in [0.15, 0.2) is 6.29 Å². The van der Waals surface area contributed by atoms with Crippen molar-refractivity contribution in [3.8, 4) is 5.75 Å². The zero-order chi connectivity index (χ0) is 15.2. The first-order chi connectivity index (χ1) is 10.1. The molecule has 0 saturated carbocycles. The fraction of sp³-hybridized carbons (Fsp3) is 0.125. The minimum Gasteiger partial charge on any atom is -0.488 e. The summed E-state index contributed by atoms with van der Waals surface area (Å²) in [4.78, 5) is 22.3. The quantitative estimate of drug-likeness (QED) is 0.611. The van der Waals surface area contributed by atoms with E-state index in [0.29, 0.717) is 23.5 Å². The van der Waals surface area contributed by atoms with Crippen LogP contribution in [0, 0.1) is 0 Å². The van der Waals surface area contributed by atoms with Crippen LogP contribution in [0.5, 0.6) is 5.75 Å². The van der Waals surface area contributed by atoms with E-state index in [4.69, 9.17) is 4.74 Å². The molecule has 0 atom stereocenters. The van der Waals surface area contributed by atoms with Gasteiger partial charge in [-0.1, -0.05) is 28.1 Å². The van der Waals surface area contributed by atoms with Crippen molar-refractivity contribution in [2.75, 3.05) is 7.11 Å². The molecule has 0 saturated heterocycles. The fourth-order valence-electron chi connectivity index (χ4n) is 1.76. The van der Waals surface area contributed by atoms with Gasteiger partial charge in [0, 0.05) is 4.47 Å². The largest absolute Gasteiger partial charge is 0.488 e. The number of rotatable bonds is 5. The van der Waals surface area contributed by atoms with Gasteiger partial charge in [-0.2, -0.15) is 0 Å². The molecule has 2 aromatic rings. The Morgan fingerprint density at radius 1 is 1.19 bits per heavy atom. The number of methoxy groups -OCH3 is 1. The van der Waals surface area contributed by atoms with Gasteiger partial charge >= 0.3 is 5.97 Å². The molecular formula is C16H13BrO4. The Hall–Kier alpha value is -2.14. The highest BCUT2D eigenvalue weighted by molar-refractivity contribution is 9.10. The van der Waals surface area contributed by atoms with Crippen molar-refractivity contribution in [3.05, 3.63) is 63.6 Å². The minimum atomic E-state index is -0.376. The van der Waals surface area contributed by atoms with Gasteiger partial charge in [-0.3, -0.25) is 4.79 Å². The van der Waals surface area contributed by atoms with Crippen molar-refractivity contribution in [2.24, 2.45) is 0 Å². The van der Waals surface area contributed by atoms with Crippen LogP contribution in [0.1, 0.15) is 26.3 Å². The van der Waals surface area contributed by atoms with Crippen LogP contribution in [0.25, 0.3) is 0 Å². The third kappa shape index (κ3) is 3.92. The fourth-order valence-corrected chi connectivity index (χ4v) is 2.14. The minimum absolute atomic E-state index is 0.309. The summed E-state index contributed by atoms with van der Waals surface area (Å²) in [5.74, 6) is 0.142. The zero-order valence-corrected chi connectivity index (χ0v) is 12.9. The third-order valence-corrected chi connectivity index (χ3v) is 3.36. The maximum Gasteiger partial charge on any atom is 0.337 e. The summed E-state index contributed by atoms with van der Waals surface area (Å²) in [6.45, 7) is 0.309. The SMILES string of the molecule is COC(=O)c1ccc(COc2ccc(Br)cc2C=O)cc1. The van der Waals surface area contributed by atoms with Crippen LogP contribution in [0.4, 0.5) is 0 Å². The Morgan fingerprint density at radius 3 is 2.52 bits per heavy atom. The molecule has 0 N–H and O–H groups in total. The van der Waals surface area contributed by atoms with Crippen LogP contribution in [0.3, 0.4) is 0 Å². The summed E-state index contributed by atoms with van der Waals surface area (Å²) in [5, 5.41) is 0. The van der Waals surface area contributed by atoms with E-state index in [1.807, 2.05) is 6.07 Å². The van der Waals surface area contributed by atoms with Crippen LogP contribution in [0.2, 0.25) is 0 Å². The number of hydrogen-bond acceptors (Lipinski definition) is 4. The molecule has 108 valence electrons.